The van der Waals surface area contributed by atoms with Crippen LogP contribution in [-0.2, 0) is 0 Å². The Morgan fingerprint density at radius 1 is 1.15 bits per heavy atom. The van der Waals surface area contributed by atoms with E-state index in [4.69, 9.17) is 5.73 Å². The monoisotopic (exact) mass is 279 g/mol. The summed E-state index contributed by atoms with van der Waals surface area (Å²) >= 11 is 0. The molecule has 2 rings (SSSR count). The first-order valence-corrected chi connectivity index (χ1v) is 5.66. The van der Waals surface area contributed by atoms with E-state index in [1.165, 1.54) is 12.1 Å². The predicted molar refractivity (Wildman–Crippen MR) is 72.2 cm³/mol. The van der Waals surface area contributed by atoms with Crippen LogP contribution in [0, 0.1) is 10.1 Å². The highest BCUT2D eigenvalue weighted by Crippen LogP contribution is 2.32. The molecule has 0 bridgehead atoms. The van der Waals surface area contributed by atoms with E-state index in [9.17, 15) is 18.9 Å². The molecule has 104 valence electrons. The summed E-state index contributed by atoms with van der Waals surface area (Å²) in [5.74, 6) is 0. The molecule has 0 unspecified atom stereocenters. The van der Waals surface area contributed by atoms with Crippen LogP contribution in [0.1, 0.15) is 12.0 Å². The number of non-ortho nitro benzene ring substituents is 1. The van der Waals surface area contributed by atoms with Crippen molar-refractivity contribution in [2.75, 3.05) is 11.1 Å². The number of halogens is 2. The van der Waals surface area contributed by atoms with E-state index < -0.39 is 16.9 Å². The SMILES string of the molecule is Nc1ccc(Nc2ccc([N+](=O)[O-])cc2C(F)F)cc1. The minimum atomic E-state index is -2.81. The number of nitrogen functional groups attached to an aromatic ring is 1. The second-order valence-corrected chi connectivity index (χ2v) is 4.08. The summed E-state index contributed by atoms with van der Waals surface area (Å²) < 4.78 is 25.9. The number of alkyl halides is 2. The molecule has 7 heteroatoms. The number of nitrogens with two attached hydrogens (primary N) is 1. The van der Waals surface area contributed by atoms with Crippen LogP contribution in [0.2, 0.25) is 0 Å². The van der Waals surface area contributed by atoms with E-state index in [2.05, 4.69) is 5.32 Å². The van der Waals surface area contributed by atoms with Gasteiger partial charge in [0.15, 0.2) is 0 Å². The molecule has 0 aliphatic heterocycles. The van der Waals surface area contributed by atoms with Gasteiger partial charge < -0.3 is 11.1 Å². The van der Waals surface area contributed by atoms with E-state index in [0.717, 1.165) is 6.07 Å². The fourth-order valence-corrected chi connectivity index (χ4v) is 1.68. The molecule has 0 spiro atoms. The molecule has 0 heterocycles. The van der Waals surface area contributed by atoms with Crippen LogP contribution >= 0.6 is 0 Å². The lowest BCUT2D eigenvalue weighted by molar-refractivity contribution is -0.385. The van der Waals surface area contributed by atoms with Gasteiger partial charge in [-0.15, -0.1) is 0 Å². The Morgan fingerprint density at radius 2 is 1.80 bits per heavy atom. The minimum Gasteiger partial charge on any atom is -0.399 e. The van der Waals surface area contributed by atoms with E-state index in [-0.39, 0.29) is 11.4 Å². The highest BCUT2D eigenvalue weighted by Gasteiger charge is 2.18. The van der Waals surface area contributed by atoms with Crippen LogP contribution in [0.4, 0.5) is 31.5 Å². The van der Waals surface area contributed by atoms with Crippen molar-refractivity contribution in [3.63, 3.8) is 0 Å². The van der Waals surface area contributed by atoms with Crippen LogP contribution in [0.25, 0.3) is 0 Å². The average molecular weight is 279 g/mol. The highest BCUT2D eigenvalue weighted by atomic mass is 19.3. The van der Waals surface area contributed by atoms with E-state index in [1.807, 2.05) is 0 Å². The topological polar surface area (TPSA) is 81.2 Å². The van der Waals surface area contributed by atoms with Crippen molar-refractivity contribution in [1.82, 2.24) is 0 Å². The van der Waals surface area contributed by atoms with Crippen molar-refractivity contribution in [3.8, 4) is 0 Å². The van der Waals surface area contributed by atoms with Crippen molar-refractivity contribution in [1.29, 1.82) is 0 Å². The maximum Gasteiger partial charge on any atom is 0.270 e. The van der Waals surface area contributed by atoms with Gasteiger partial charge in [0.1, 0.15) is 0 Å². The Hall–Kier alpha value is -2.70. The second kappa shape index (κ2) is 5.52. The smallest absolute Gasteiger partial charge is 0.270 e. The molecule has 20 heavy (non-hydrogen) atoms. The zero-order chi connectivity index (χ0) is 14.7. The van der Waals surface area contributed by atoms with Gasteiger partial charge in [-0.25, -0.2) is 8.78 Å². The van der Waals surface area contributed by atoms with Crippen molar-refractivity contribution in [2.45, 2.75) is 6.43 Å². The molecule has 0 amide bonds. The molecule has 5 nitrogen and oxygen atoms in total. The zero-order valence-corrected chi connectivity index (χ0v) is 10.2. The fourth-order valence-electron chi connectivity index (χ4n) is 1.68. The summed E-state index contributed by atoms with van der Waals surface area (Å²) in [6, 6.07) is 9.80. The lowest BCUT2D eigenvalue weighted by Crippen LogP contribution is -1.99. The van der Waals surface area contributed by atoms with E-state index in [0.29, 0.717) is 11.4 Å². The van der Waals surface area contributed by atoms with Crippen LogP contribution in [0.3, 0.4) is 0 Å². The Balaban J connectivity index is 2.35. The van der Waals surface area contributed by atoms with E-state index in [1.54, 1.807) is 24.3 Å². The molecule has 3 N–H and O–H groups in total. The second-order valence-electron chi connectivity index (χ2n) is 4.08. The maximum atomic E-state index is 13.0. The fraction of sp³-hybridized carbons (Fsp3) is 0.0769. The van der Waals surface area contributed by atoms with Crippen LogP contribution in [0.15, 0.2) is 42.5 Å². The van der Waals surface area contributed by atoms with Crippen molar-refractivity contribution in [3.05, 3.63) is 58.1 Å². The summed E-state index contributed by atoms with van der Waals surface area (Å²) in [6.07, 6.45) is -2.81. The third kappa shape index (κ3) is 3.00. The van der Waals surface area contributed by atoms with Gasteiger partial charge in [0.05, 0.1) is 4.92 Å². The zero-order valence-electron chi connectivity index (χ0n) is 10.2. The van der Waals surface area contributed by atoms with Crippen molar-refractivity contribution in [2.24, 2.45) is 0 Å². The molecule has 0 aromatic heterocycles. The largest absolute Gasteiger partial charge is 0.399 e. The number of nitrogens with zero attached hydrogens (tertiary/aromatic N) is 1. The number of benzene rings is 2. The van der Waals surface area contributed by atoms with Crippen molar-refractivity contribution >= 4 is 22.7 Å². The number of hydrogen-bond acceptors (Lipinski definition) is 4. The van der Waals surface area contributed by atoms with Gasteiger partial charge in [0.25, 0.3) is 12.1 Å². The van der Waals surface area contributed by atoms with Crippen LogP contribution in [0.5, 0.6) is 0 Å². The van der Waals surface area contributed by atoms with Crippen LogP contribution in [-0.4, -0.2) is 4.92 Å². The molecular weight excluding hydrogens is 268 g/mol. The number of hydrogen-bond donors (Lipinski definition) is 2. The Bertz CT molecular complexity index is 630. The molecule has 2 aromatic rings. The first kappa shape index (κ1) is 13.7. The van der Waals surface area contributed by atoms with Gasteiger partial charge in [0, 0.05) is 34.8 Å². The Labute approximate surface area is 113 Å². The number of rotatable bonds is 4. The van der Waals surface area contributed by atoms with E-state index >= 15 is 0 Å². The standard InChI is InChI=1S/C13H11F2N3O2/c14-13(15)11-7-10(18(19)20)5-6-12(11)17-9-3-1-8(16)2-4-9/h1-7,13,17H,16H2. The quantitative estimate of drug-likeness (QED) is 0.506. The van der Waals surface area contributed by atoms with Gasteiger partial charge >= 0.3 is 0 Å². The molecular formula is C13H11F2N3O2. The molecule has 0 radical (unpaired) electrons. The molecule has 0 aliphatic carbocycles. The van der Waals surface area contributed by atoms with Gasteiger partial charge in [-0.05, 0) is 30.3 Å². The first-order chi connectivity index (χ1) is 9.47. The van der Waals surface area contributed by atoms with Gasteiger partial charge in [-0.2, -0.15) is 0 Å². The minimum absolute atomic E-state index is 0.121. The van der Waals surface area contributed by atoms with Gasteiger partial charge in [-0.3, -0.25) is 10.1 Å². The third-order valence-corrected chi connectivity index (χ3v) is 2.67. The number of nitro groups is 1. The summed E-state index contributed by atoms with van der Waals surface area (Å²) in [6.45, 7) is 0. The third-order valence-electron chi connectivity index (χ3n) is 2.67. The Morgan fingerprint density at radius 3 is 2.35 bits per heavy atom. The van der Waals surface area contributed by atoms with Gasteiger partial charge in [0.2, 0.25) is 0 Å². The van der Waals surface area contributed by atoms with Crippen molar-refractivity contribution < 1.29 is 13.7 Å². The Kier molecular flexibility index (Phi) is 3.79. The average Bonchev–Trinajstić information content (AvgIpc) is 2.41. The highest BCUT2D eigenvalue weighted by molar-refractivity contribution is 5.66. The molecule has 0 saturated carbocycles. The van der Waals surface area contributed by atoms with Crippen LogP contribution < -0.4 is 11.1 Å². The summed E-state index contributed by atoms with van der Waals surface area (Å²) in [4.78, 5) is 9.90. The van der Waals surface area contributed by atoms with Gasteiger partial charge in [-0.1, -0.05) is 0 Å². The molecule has 0 aliphatic rings. The molecule has 0 atom stereocenters. The normalized spacial score (nSPS) is 10.6. The molecule has 0 saturated heterocycles. The maximum absolute atomic E-state index is 13.0. The summed E-state index contributed by atoms with van der Waals surface area (Å²) in [5.41, 5.74) is 5.97. The lowest BCUT2D eigenvalue weighted by atomic mass is 10.1. The molecule has 0 fully saturated rings. The first-order valence-electron chi connectivity index (χ1n) is 5.66. The summed E-state index contributed by atoms with van der Waals surface area (Å²) in [5, 5.41) is 13.4. The molecule has 2 aromatic carbocycles. The number of nitro benzene ring substituents is 1. The lowest BCUT2D eigenvalue weighted by Gasteiger charge is -2.11. The predicted octanol–water partition coefficient (Wildman–Crippen LogP) is 3.86. The number of nitrogens with one attached hydrogen (secondary N) is 1. The number of anilines is 3. The summed E-state index contributed by atoms with van der Waals surface area (Å²) in [7, 11) is 0.